The molecule has 0 aliphatic carbocycles. The number of hydrogen-bond donors (Lipinski definition) is 0. The van der Waals surface area contributed by atoms with E-state index in [1.54, 1.807) is 0 Å². The Kier molecular flexibility index (Phi) is 50.8. The van der Waals surface area contributed by atoms with Crippen LogP contribution >= 0.6 is 0 Å². The van der Waals surface area contributed by atoms with Crippen LogP contribution in [-0.4, -0.2) is 37.2 Å². The largest absolute Gasteiger partial charge is 0.462 e. The number of carbonyl (C=O) groups is 3. The van der Waals surface area contributed by atoms with Crippen molar-refractivity contribution in [3.05, 3.63) is 48.6 Å². The molecule has 64 heavy (non-hydrogen) atoms. The first-order chi connectivity index (χ1) is 31.5. The van der Waals surface area contributed by atoms with Gasteiger partial charge in [0.2, 0.25) is 0 Å². The van der Waals surface area contributed by atoms with E-state index in [2.05, 4.69) is 69.4 Å². The van der Waals surface area contributed by atoms with E-state index in [9.17, 15) is 14.4 Å². The van der Waals surface area contributed by atoms with Gasteiger partial charge < -0.3 is 14.2 Å². The Balaban J connectivity index is 4.39. The quantitative estimate of drug-likeness (QED) is 0.0262. The molecule has 1 unspecified atom stereocenters. The predicted molar refractivity (Wildman–Crippen MR) is 275 cm³/mol. The van der Waals surface area contributed by atoms with E-state index in [1.165, 1.54) is 154 Å². The summed E-state index contributed by atoms with van der Waals surface area (Å²) in [4.78, 5) is 38.1. The molecule has 6 heteroatoms. The lowest BCUT2D eigenvalue weighted by atomic mass is 10.0. The molecule has 0 fully saturated rings. The Morgan fingerprint density at radius 3 is 0.969 bits per heavy atom. The number of esters is 3. The molecule has 0 aromatic heterocycles. The number of unbranched alkanes of at least 4 members (excludes halogenated alkanes) is 31. The summed E-state index contributed by atoms with van der Waals surface area (Å²) in [6.45, 7) is 6.53. The minimum atomic E-state index is -0.780. The summed E-state index contributed by atoms with van der Waals surface area (Å²) in [5, 5.41) is 0. The normalized spacial score (nSPS) is 12.4. The van der Waals surface area contributed by atoms with Crippen molar-refractivity contribution in [2.45, 2.75) is 290 Å². The molecule has 1 atom stereocenters. The summed E-state index contributed by atoms with van der Waals surface area (Å²) in [7, 11) is 0. The first-order valence-electron chi connectivity index (χ1n) is 27.6. The maximum atomic E-state index is 12.8. The van der Waals surface area contributed by atoms with Gasteiger partial charge in [-0.1, -0.05) is 236 Å². The first-order valence-corrected chi connectivity index (χ1v) is 27.6. The summed E-state index contributed by atoms with van der Waals surface area (Å²) < 4.78 is 16.8. The molecule has 0 radical (unpaired) electrons. The Bertz CT molecular complexity index is 1120. The number of carbonyl (C=O) groups excluding carboxylic acids is 3. The van der Waals surface area contributed by atoms with Crippen LogP contribution in [0.4, 0.5) is 0 Å². The molecule has 0 bridgehead atoms. The average Bonchev–Trinajstić information content (AvgIpc) is 3.29. The molecular formula is C58H104O6. The zero-order valence-corrected chi connectivity index (χ0v) is 42.6. The van der Waals surface area contributed by atoms with E-state index in [1.807, 2.05) is 0 Å². The van der Waals surface area contributed by atoms with Crippen LogP contribution in [0.3, 0.4) is 0 Å². The van der Waals surface area contributed by atoms with E-state index in [0.29, 0.717) is 19.3 Å². The van der Waals surface area contributed by atoms with Gasteiger partial charge in [-0.05, 0) is 77.0 Å². The van der Waals surface area contributed by atoms with Crippen LogP contribution in [0.15, 0.2) is 48.6 Å². The molecule has 0 N–H and O–H groups in total. The van der Waals surface area contributed by atoms with E-state index in [4.69, 9.17) is 14.2 Å². The minimum absolute atomic E-state index is 0.0779. The zero-order chi connectivity index (χ0) is 46.5. The zero-order valence-electron chi connectivity index (χ0n) is 42.6. The van der Waals surface area contributed by atoms with Gasteiger partial charge in [-0.25, -0.2) is 0 Å². The molecule has 0 heterocycles. The van der Waals surface area contributed by atoms with Crippen LogP contribution in [0, 0.1) is 0 Å². The highest BCUT2D eigenvalue weighted by Crippen LogP contribution is 2.16. The van der Waals surface area contributed by atoms with Crippen LogP contribution in [0.1, 0.15) is 284 Å². The van der Waals surface area contributed by atoms with Crippen molar-refractivity contribution in [3.63, 3.8) is 0 Å². The molecule has 0 aliphatic rings. The van der Waals surface area contributed by atoms with Crippen LogP contribution in [-0.2, 0) is 28.6 Å². The van der Waals surface area contributed by atoms with Gasteiger partial charge >= 0.3 is 17.9 Å². The molecule has 0 saturated heterocycles. The lowest BCUT2D eigenvalue weighted by molar-refractivity contribution is -0.167. The summed E-state index contributed by atoms with van der Waals surface area (Å²) in [5.74, 6) is -0.888. The summed E-state index contributed by atoms with van der Waals surface area (Å²) in [6.07, 6.45) is 63.8. The van der Waals surface area contributed by atoms with Crippen molar-refractivity contribution < 1.29 is 28.6 Å². The Hall–Kier alpha value is -2.63. The monoisotopic (exact) mass is 897 g/mol. The van der Waals surface area contributed by atoms with Crippen LogP contribution in [0.2, 0.25) is 0 Å². The highest BCUT2D eigenvalue weighted by molar-refractivity contribution is 5.71. The van der Waals surface area contributed by atoms with Gasteiger partial charge in [-0.15, -0.1) is 0 Å². The molecule has 0 aliphatic heterocycles. The van der Waals surface area contributed by atoms with Gasteiger partial charge in [0.05, 0.1) is 0 Å². The van der Waals surface area contributed by atoms with Crippen LogP contribution < -0.4 is 0 Å². The minimum Gasteiger partial charge on any atom is -0.462 e. The Labute approximate surface area is 397 Å². The van der Waals surface area contributed by atoms with Gasteiger partial charge in [-0.2, -0.15) is 0 Å². The fourth-order valence-electron chi connectivity index (χ4n) is 7.92. The Morgan fingerprint density at radius 1 is 0.328 bits per heavy atom. The van der Waals surface area contributed by atoms with Gasteiger partial charge in [0.1, 0.15) is 13.2 Å². The summed E-state index contributed by atoms with van der Waals surface area (Å²) in [6, 6.07) is 0. The van der Waals surface area contributed by atoms with E-state index >= 15 is 0 Å². The van der Waals surface area contributed by atoms with Crippen molar-refractivity contribution in [2.75, 3.05) is 13.2 Å². The molecule has 0 amide bonds. The summed E-state index contributed by atoms with van der Waals surface area (Å²) >= 11 is 0. The number of hydrogen-bond acceptors (Lipinski definition) is 6. The number of rotatable bonds is 50. The molecule has 0 spiro atoms. The smallest absolute Gasteiger partial charge is 0.306 e. The third-order valence-corrected chi connectivity index (χ3v) is 12.1. The molecule has 0 saturated carbocycles. The SMILES string of the molecule is CC/C=C\C/C=C\C/C=C\CCCCCCCCC(=O)OCC(COC(=O)CCCCCCCCCCCCCCCC)OC(=O)CCCCCCC/C=C\CCCCCCCCC. The van der Waals surface area contributed by atoms with Crippen molar-refractivity contribution in [3.8, 4) is 0 Å². The van der Waals surface area contributed by atoms with Gasteiger partial charge in [-0.3, -0.25) is 14.4 Å². The molecule has 6 nitrogen and oxygen atoms in total. The van der Waals surface area contributed by atoms with E-state index < -0.39 is 6.10 Å². The Morgan fingerprint density at radius 2 is 0.609 bits per heavy atom. The second kappa shape index (κ2) is 53.0. The van der Waals surface area contributed by atoms with Crippen LogP contribution in [0.5, 0.6) is 0 Å². The van der Waals surface area contributed by atoms with Crippen molar-refractivity contribution in [1.29, 1.82) is 0 Å². The number of ether oxygens (including phenoxy) is 3. The van der Waals surface area contributed by atoms with Gasteiger partial charge in [0, 0.05) is 19.3 Å². The van der Waals surface area contributed by atoms with E-state index in [-0.39, 0.29) is 31.1 Å². The first kappa shape index (κ1) is 61.4. The third kappa shape index (κ3) is 50.4. The molecule has 0 aromatic rings. The van der Waals surface area contributed by atoms with E-state index in [0.717, 1.165) is 89.9 Å². The van der Waals surface area contributed by atoms with Gasteiger partial charge in [0.25, 0.3) is 0 Å². The predicted octanol–water partition coefficient (Wildman–Crippen LogP) is 18.3. The second-order valence-corrected chi connectivity index (χ2v) is 18.5. The average molecular weight is 897 g/mol. The molecule has 372 valence electrons. The third-order valence-electron chi connectivity index (χ3n) is 12.1. The molecule has 0 rings (SSSR count). The lowest BCUT2D eigenvalue weighted by Crippen LogP contribution is -2.30. The fourth-order valence-corrected chi connectivity index (χ4v) is 7.92. The maximum absolute atomic E-state index is 12.8. The topological polar surface area (TPSA) is 78.9 Å². The highest BCUT2D eigenvalue weighted by atomic mass is 16.6. The van der Waals surface area contributed by atoms with Crippen LogP contribution in [0.25, 0.3) is 0 Å². The van der Waals surface area contributed by atoms with Crippen molar-refractivity contribution in [1.82, 2.24) is 0 Å². The molecular weight excluding hydrogens is 793 g/mol. The van der Waals surface area contributed by atoms with Crippen molar-refractivity contribution >= 4 is 17.9 Å². The van der Waals surface area contributed by atoms with Gasteiger partial charge in [0.15, 0.2) is 6.10 Å². The van der Waals surface area contributed by atoms with Crippen molar-refractivity contribution in [2.24, 2.45) is 0 Å². The standard InChI is InChI=1S/C58H104O6/c1-4-7-10-13-16-19-22-25-28-30-33-36-39-42-45-48-51-57(60)63-54-55(53-62-56(59)50-47-44-41-38-35-32-27-24-21-18-15-12-9-6-3)64-58(61)52-49-46-43-40-37-34-31-29-26-23-20-17-14-11-8-5-2/h7,10,16,19,25,28-29,31,55H,4-6,8-9,11-15,17-18,20-24,26-27,30,32-54H2,1-3H3/b10-7-,19-16-,28-25-,31-29-. The second-order valence-electron chi connectivity index (χ2n) is 18.5. The highest BCUT2D eigenvalue weighted by Gasteiger charge is 2.19. The maximum Gasteiger partial charge on any atom is 0.306 e. The fraction of sp³-hybridized carbons (Fsp3) is 0.810. The lowest BCUT2D eigenvalue weighted by Gasteiger charge is -2.18. The number of allylic oxidation sites excluding steroid dienone is 8. The molecule has 0 aromatic carbocycles. The summed E-state index contributed by atoms with van der Waals surface area (Å²) in [5.41, 5.74) is 0.